The van der Waals surface area contributed by atoms with E-state index >= 15 is 0 Å². The summed E-state index contributed by atoms with van der Waals surface area (Å²) in [6.07, 6.45) is 3.21. The van der Waals surface area contributed by atoms with E-state index in [0.717, 1.165) is 43.9 Å². The molecule has 2 aliphatic heterocycles. The number of nitrogens with one attached hydrogen (secondary N) is 2. The first kappa shape index (κ1) is 24.5. The molecular formula is C24H35F2N7O. The number of piperidine rings is 1. The number of amides is 1. The van der Waals surface area contributed by atoms with Crippen molar-refractivity contribution in [1.29, 1.82) is 0 Å². The van der Waals surface area contributed by atoms with Crippen LogP contribution in [0.5, 0.6) is 0 Å². The standard InChI is InChI=1S/C24H35F2N7O/c1-5-16-13-33(11-8-29-24(2,3)4)22(30-16)15-6-9-32(10-7-15)23-19-17(20(25)26)12-18(34)31-21(19)27-14-28-23/h13-15,17,20,29H,5-12H2,1-4H3,(H,27,28,31,34)/t17-/m1/s1. The van der Waals surface area contributed by atoms with Crippen molar-refractivity contribution in [2.45, 2.75) is 83.7 Å². The van der Waals surface area contributed by atoms with Crippen LogP contribution in [0.25, 0.3) is 0 Å². The summed E-state index contributed by atoms with van der Waals surface area (Å²) < 4.78 is 29.8. The second-order valence-electron chi connectivity index (χ2n) is 10.2. The van der Waals surface area contributed by atoms with Crippen molar-refractivity contribution in [2.75, 3.05) is 29.9 Å². The van der Waals surface area contributed by atoms with Crippen LogP contribution in [0.15, 0.2) is 12.5 Å². The maximum atomic E-state index is 13.8. The van der Waals surface area contributed by atoms with Gasteiger partial charge in [0.1, 0.15) is 23.8 Å². The first-order valence-corrected chi connectivity index (χ1v) is 12.1. The molecule has 1 fully saturated rings. The van der Waals surface area contributed by atoms with Crippen LogP contribution in [-0.2, 0) is 17.8 Å². The normalized spacial score (nSPS) is 19.4. The van der Waals surface area contributed by atoms with Gasteiger partial charge < -0.3 is 20.1 Å². The Morgan fingerprint density at radius 3 is 2.62 bits per heavy atom. The van der Waals surface area contributed by atoms with E-state index in [0.29, 0.717) is 30.4 Å². The van der Waals surface area contributed by atoms with Gasteiger partial charge in [0.2, 0.25) is 12.3 Å². The Balaban J connectivity index is 1.49. The second-order valence-corrected chi connectivity index (χ2v) is 10.2. The minimum absolute atomic E-state index is 0.0614. The first-order chi connectivity index (χ1) is 16.2. The number of hydrogen-bond donors (Lipinski definition) is 2. The number of aromatic nitrogens is 4. The number of aryl methyl sites for hydroxylation is 1. The summed E-state index contributed by atoms with van der Waals surface area (Å²) in [5, 5.41) is 6.18. The summed E-state index contributed by atoms with van der Waals surface area (Å²) in [5.74, 6) is 0.521. The Morgan fingerprint density at radius 1 is 1.24 bits per heavy atom. The van der Waals surface area contributed by atoms with Gasteiger partial charge in [0.25, 0.3) is 0 Å². The Labute approximate surface area is 199 Å². The molecule has 34 heavy (non-hydrogen) atoms. The van der Waals surface area contributed by atoms with Gasteiger partial charge in [-0.25, -0.2) is 23.7 Å². The molecule has 2 aliphatic rings. The average molecular weight is 476 g/mol. The fourth-order valence-electron chi connectivity index (χ4n) is 4.84. The second kappa shape index (κ2) is 9.93. The highest BCUT2D eigenvalue weighted by Gasteiger charge is 2.37. The van der Waals surface area contributed by atoms with Crippen LogP contribution in [0.4, 0.5) is 20.4 Å². The van der Waals surface area contributed by atoms with Crippen LogP contribution >= 0.6 is 0 Å². The molecule has 0 aliphatic carbocycles. The molecule has 4 heterocycles. The van der Waals surface area contributed by atoms with E-state index in [2.05, 4.69) is 64.0 Å². The third kappa shape index (κ3) is 5.37. The zero-order valence-electron chi connectivity index (χ0n) is 20.4. The van der Waals surface area contributed by atoms with Crippen molar-refractivity contribution >= 4 is 17.5 Å². The molecule has 0 spiro atoms. The molecule has 1 saturated heterocycles. The summed E-state index contributed by atoms with van der Waals surface area (Å²) in [6, 6.07) is 0. The molecule has 8 nitrogen and oxygen atoms in total. The van der Waals surface area contributed by atoms with Crippen molar-refractivity contribution < 1.29 is 13.6 Å². The van der Waals surface area contributed by atoms with Gasteiger partial charge >= 0.3 is 0 Å². The third-order valence-corrected chi connectivity index (χ3v) is 6.59. The molecule has 0 saturated carbocycles. The molecule has 1 atom stereocenters. The number of fused-ring (bicyclic) bond motifs is 1. The minimum atomic E-state index is -2.64. The zero-order chi connectivity index (χ0) is 24.5. The van der Waals surface area contributed by atoms with Crippen molar-refractivity contribution in [3.05, 3.63) is 29.6 Å². The summed E-state index contributed by atoms with van der Waals surface area (Å²) in [5.41, 5.74) is 1.51. The molecule has 2 aromatic rings. The lowest BCUT2D eigenvalue weighted by Gasteiger charge is -2.36. The lowest BCUT2D eigenvalue weighted by atomic mass is 9.91. The molecule has 10 heteroatoms. The van der Waals surface area contributed by atoms with Gasteiger partial charge in [0.15, 0.2) is 0 Å². The topological polar surface area (TPSA) is 88.0 Å². The van der Waals surface area contributed by atoms with Crippen LogP contribution in [0, 0.1) is 0 Å². The first-order valence-electron chi connectivity index (χ1n) is 12.1. The summed E-state index contributed by atoms with van der Waals surface area (Å²) in [4.78, 5) is 27.3. The van der Waals surface area contributed by atoms with Gasteiger partial charge in [-0.05, 0) is 40.0 Å². The number of imidazole rings is 1. The molecule has 2 aromatic heterocycles. The molecule has 0 bridgehead atoms. The lowest BCUT2D eigenvalue weighted by Crippen LogP contribution is -2.38. The third-order valence-electron chi connectivity index (χ3n) is 6.59. The van der Waals surface area contributed by atoms with Crippen LogP contribution < -0.4 is 15.5 Å². The largest absolute Gasteiger partial charge is 0.356 e. The van der Waals surface area contributed by atoms with Crippen molar-refractivity contribution in [2.24, 2.45) is 0 Å². The van der Waals surface area contributed by atoms with E-state index in [4.69, 9.17) is 4.98 Å². The van der Waals surface area contributed by atoms with Crippen LogP contribution in [-0.4, -0.2) is 57.0 Å². The number of carbonyl (C=O) groups excluding carboxylic acids is 1. The fraction of sp³-hybridized carbons (Fsp3) is 0.667. The van der Waals surface area contributed by atoms with Crippen molar-refractivity contribution in [1.82, 2.24) is 24.8 Å². The molecule has 0 aromatic carbocycles. The molecule has 2 N–H and O–H groups in total. The number of halogens is 2. The van der Waals surface area contributed by atoms with E-state index < -0.39 is 18.3 Å². The quantitative estimate of drug-likeness (QED) is 0.635. The highest BCUT2D eigenvalue weighted by molar-refractivity contribution is 5.94. The number of carbonyl (C=O) groups is 1. The highest BCUT2D eigenvalue weighted by Crippen LogP contribution is 2.41. The van der Waals surface area contributed by atoms with Crippen molar-refractivity contribution in [3.8, 4) is 0 Å². The maximum absolute atomic E-state index is 13.8. The van der Waals surface area contributed by atoms with Crippen molar-refractivity contribution in [3.63, 3.8) is 0 Å². The molecule has 186 valence electrons. The molecule has 0 unspecified atom stereocenters. The number of nitrogens with zero attached hydrogens (tertiary/aromatic N) is 5. The Morgan fingerprint density at radius 2 is 1.97 bits per heavy atom. The number of alkyl halides is 2. The SMILES string of the molecule is CCc1cn(CCNC(C)(C)C)c(C2CCN(c3ncnc4c3[C@H](C(F)F)CC(=O)N4)CC2)n1. The molecular weight excluding hydrogens is 440 g/mol. The van der Waals surface area contributed by atoms with E-state index in [-0.39, 0.29) is 17.8 Å². The predicted octanol–water partition coefficient (Wildman–Crippen LogP) is 3.70. The van der Waals surface area contributed by atoms with E-state index in [1.54, 1.807) is 0 Å². The van der Waals surface area contributed by atoms with Gasteiger partial charge in [-0.15, -0.1) is 0 Å². The smallest absolute Gasteiger partial charge is 0.246 e. The predicted molar refractivity (Wildman–Crippen MR) is 128 cm³/mol. The number of rotatable bonds is 7. The summed E-state index contributed by atoms with van der Waals surface area (Å²) in [6.45, 7) is 11.7. The van der Waals surface area contributed by atoms with Gasteiger partial charge in [0, 0.05) is 55.8 Å². The summed E-state index contributed by atoms with van der Waals surface area (Å²) >= 11 is 0. The van der Waals surface area contributed by atoms with Gasteiger partial charge in [-0.1, -0.05) is 6.92 Å². The van der Waals surface area contributed by atoms with E-state index in [1.807, 2.05) is 0 Å². The van der Waals surface area contributed by atoms with E-state index in [9.17, 15) is 13.6 Å². The monoisotopic (exact) mass is 475 g/mol. The van der Waals surface area contributed by atoms with Crippen LogP contribution in [0.2, 0.25) is 0 Å². The molecule has 4 rings (SSSR count). The fourth-order valence-corrected chi connectivity index (χ4v) is 4.84. The average Bonchev–Trinajstić information content (AvgIpc) is 3.20. The van der Waals surface area contributed by atoms with Gasteiger partial charge in [-0.2, -0.15) is 0 Å². The highest BCUT2D eigenvalue weighted by atomic mass is 19.3. The Bertz CT molecular complexity index is 1010. The van der Waals surface area contributed by atoms with E-state index in [1.165, 1.54) is 6.33 Å². The van der Waals surface area contributed by atoms with Gasteiger partial charge in [-0.3, -0.25) is 4.79 Å². The Hall–Kier alpha value is -2.62. The summed E-state index contributed by atoms with van der Waals surface area (Å²) in [7, 11) is 0. The number of hydrogen-bond acceptors (Lipinski definition) is 6. The molecule has 1 amide bonds. The Kier molecular flexibility index (Phi) is 7.16. The maximum Gasteiger partial charge on any atom is 0.246 e. The number of anilines is 2. The zero-order valence-corrected chi connectivity index (χ0v) is 20.4. The van der Waals surface area contributed by atoms with Crippen LogP contribution in [0.3, 0.4) is 0 Å². The lowest BCUT2D eigenvalue weighted by molar-refractivity contribution is -0.117. The van der Waals surface area contributed by atoms with Crippen LogP contribution in [0.1, 0.15) is 75.9 Å². The minimum Gasteiger partial charge on any atom is -0.356 e. The molecule has 0 radical (unpaired) electrons. The van der Waals surface area contributed by atoms with Gasteiger partial charge in [0.05, 0.1) is 11.6 Å².